The molecule has 0 aliphatic rings. The van der Waals surface area contributed by atoms with Crippen molar-refractivity contribution < 1.29 is 23.5 Å². The van der Waals surface area contributed by atoms with Gasteiger partial charge in [0, 0.05) is 16.5 Å². The molecular weight excluding hydrogens is 384 g/mol. The molecule has 2 amide bonds. The molecule has 1 aromatic heterocycles. The Kier molecular flexibility index (Phi) is 6.95. The lowest BCUT2D eigenvalue weighted by molar-refractivity contribution is 0.0831. The summed E-state index contributed by atoms with van der Waals surface area (Å²) in [5, 5.41) is 0.856. The molecule has 0 aliphatic carbocycles. The van der Waals surface area contributed by atoms with Crippen LogP contribution in [0.1, 0.15) is 53.2 Å². The fraction of sp³-hybridized carbons (Fsp3) is 0.304. The number of hydrogen-bond donors (Lipinski definition) is 2. The first-order valence-electron chi connectivity index (χ1n) is 10.0. The molecular formula is C23H26N2O5. The van der Waals surface area contributed by atoms with Crippen LogP contribution in [0.3, 0.4) is 0 Å². The zero-order valence-electron chi connectivity index (χ0n) is 17.4. The van der Waals surface area contributed by atoms with Gasteiger partial charge in [-0.25, -0.2) is 0 Å². The normalized spacial score (nSPS) is 10.6. The standard InChI is InChI=1S/C23H26N2O5/c1-4-12-28-19-11-10-16(14-20(19)29-13-5-2)22(26)24-25-23(27)21-15(3)17-8-6-7-9-18(17)30-21/h6-11,14H,4-5,12-13H2,1-3H3,(H,24,26)(H,25,27). The number of nitrogens with one attached hydrogen (secondary N) is 2. The lowest BCUT2D eigenvalue weighted by Crippen LogP contribution is -2.41. The van der Waals surface area contributed by atoms with E-state index in [-0.39, 0.29) is 5.76 Å². The van der Waals surface area contributed by atoms with Gasteiger partial charge in [-0.3, -0.25) is 20.4 Å². The zero-order chi connectivity index (χ0) is 21.5. The second kappa shape index (κ2) is 9.82. The van der Waals surface area contributed by atoms with E-state index in [0.717, 1.165) is 18.2 Å². The van der Waals surface area contributed by atoms with Gasteiger partial charge in [0.05, 0.1) is 13.2 Å². The van der Waals surface area contributed by atoms with E-state index in [9.17, 15) is 9.59 Å². The van der Waals surface area contributed by atoms with E-state index in [1.54, 1.807) is 31.2 Å². The molecule has 0 fully saturated rings. The molecule has 7 heteroatoms. The van der Waals surface area contributed by atoms with E-state index in [4.69, 9.17) is 13.9 Å². The molecule has 0 unspecified atom stereocenters. The Morgan fingerprint density at radius 3 is 2.27 bits per heavy atom. The lowest BCUT2D eigenvalue weighted by atomic mass is 10.1. The quantitative estimate of drug-likeness (QED) is 0.538. The van der Waals surface area contributed by atoms with E-state index in [1.807, 2.05) is 32.0 Å². The molecule has 0 bridgehead atoms. The second-order valence-electron chi connectivity index (χ2n) is 6.82. The first-order valence-corrected chi connectivity index (χ1v) is 10.0. The number of carbonyl (C=O) groups excluding carboxylic acids is 2. The van der Waals surface area contributed by atoms with Gasteiger partial charge in [-0.05, 0) is 44.0 Å². The van der Waals surface area contributed by atoms with E-state index in [1.165, 1.54) is 0 Å². The van der Waals surface area contributed by atoms with Crippen molar-refractivity contribution >= 4 is 22.8 Å². The van der Waals surface area contributed by atoms with Gasteiger partial charge < -0.3 is 13.9 Å². The molecule has 0 atom stereocenters. The SMILES string of the molecule is CCCOc1ccc(C(=O)NNC(=O)c2oc3ccccc3c2C)cc1OCCC. The maximum absolute atomic E-state index is 12.5. The molecule has 0 aliphatic heterocycles. The maximum atomic E-state index is 12.5. The average Bonchev–Trinajstić information content (AvgIpc) is 3.11. The van der Waals surface area contributed by atoms with Crippen molar-refractivity contribution in [1.29, 1.82) is 0 Å². The summed E-state index contributed by atoms with van der Waals surface area (Å²) in [6.45, 7) is 6.88. The minimum Gasteiger partial charge on any atom is -0.490 e. The van der Waals surface area contributed by atoms with E-state index >= 15 is 0 Å². The number of rotatable bonds is 8. The molecule has 7 nitrogen and oxygen atoms in total. The van der Waals surface area contributed by atoms with Crippen molar-refractivity contribution in [3.05, 3.63) is 59.4 Å². The molecule has 3 rings (SSSR count). The number of aryl methyl sites for hydroxylation is 1. The topological polar surface area (TPSA) is 89.8 Å². The summed E-state index contributed by atoms with van der Waals surface area (Å²) >= 11 is 0. The average molecular weight is 410 g/mol. The van der Waals surface area contributed by atoms with Crippen LogP contribution in [0, 0.1) is 6.92 Å². The predicted octanol–water partition coefficient (Wildman–Crippen LogP) is 4.39. The van der Waals surface area contributed by atoms with Crippen molar-refractivity contribution in [2.24, 2.45) is 0 Å². The summed E-state index contributed by atoms with van der Waals surface area (Å²) in [7, 11) is 0. The highest BCUT2D eigenvalue weighted by Gasteiger charge is 2.18. The van der Waals surface area contributed by atoms with Gasteiger partial charge in [-0.15, -0.1) is 0 Å². The van der Waals surface area contributed by atoms with Gasteiger partial charge in [0.1, 0.15) is 5.58 Å². The molecule has 158 valence electrons. The smallest absolute Gasteiger partial charge is 0.305 e. The summed E-state index contributed by atoms with van der Waals surface area (Å²) in [6, 6.07) is 12.3. The molecule has 2 N–H and O–H groups in total. The van der Waals surface area contributed by atoms with Crippen LogP contribution in [0.5, 0.6) is 11.5 Å². The van der Waals surface area contributed by atoms with Crippen LogP contribution in [0.15, 0.2) is 46.9 Å². The number of furan rings is 1. The molecule has 3 aromatic rings. The Morgan fingerprint density at radius 2 is 1.57 bits per heavy atom. The van der Waals surface area contributed by atoms with Gasteiger partial charge in [-0.1, -0.05) is 32.0 Å². The van der Waals surface area contributed by atoms with E-state index in [0.29, 0.717) is 41.4 Å². The third-order valence-electron chi connectivity index (χ3n) is 4.47. The minimum absolute atomic E-state index is 0.159. The Balaban J connectivity index is 1.70. The number of ether oxygens (including phenoxy) is 2. The summed E-state index contributed by atoms with van der Waals surface area (Å²) in [5.41, 5.74) is 6.50. The van der Waals surface area contributed by atoms with Gasteiger partial charge in [0.15, 0.2) is 17.3 Å². The predicted molar refractivity (Wildman–Crippen MR) is 114 cm³/mol. The molecule has 0 radical (unpaired) electrons. The fourth-order valence-corrected chi connectivity index (χ4v) is 2.94. The van der Waals surface area contributed by atoms with Crippen molar-refractivity contribution in [1.82, 2.24) is 10.9 Å². The van der Waals surface area contributed by atoms with Crippen LogP contribution in [0.4, 0.5) is 0 Å². The number of hydrogen-bond acceptors (Lipinski definition) is 5. The van der Waals surface area contributed by atoms with Crippen molar-refractivity contribution in [2.45, 2.75) is 33.6 Å². The van der Waals surface area contributed by atoms with Crippen LogP contribution in [-0.2, 0) is 0 Å². The highest BCUT2D eigenvalue weighted by molar-refractivity contribution is 6.01. The number of amides is 2. The van der Waals surface area contributed by atoms with E-state index in [2.05, 4.69) is 10.9 Å². The number of carbonyl (C=O) groups is 2. The Hall–Kier alpha value is -3.48. The highest BCUT2D eigenvalue weighted by atomic mass is 16.5. The number of benzene rings is 2. The van der Waals surface area contributed by atoms with Crippen molar-refractivity contribution in [3.63, 3.8) is 0 Å². The summed E-state index contributed by atoms with van der Waals surface area (Å²) < 4.78 is 17.0. The minimum atomic E-state index is -0.526. The molecule has 0 saturated carbocycles. The number of fused-ring (bicyclic) bond motifs is 1. The molecule has 30 heavy (non-hydrogen) atoms. The monoisotopic (exact) mass is 410 g/mol. The van der Waals surface area contributed by atoms with Gasteiger partial charge in [-0.2, -0.15) is 0 Å². The molecule has 0 saturated heterocycles. The fourth-order valence-electron chi connectivity index (χ4n) is 2.94. The highest BCUT2D eigenvalue weighted by Crippen LogP contribution is 2.29. The Bertz CT molecular complexity index is 1040. The molecule has 1 heterocycles. The zero-order valence-corrected chi connectivity index (χ0v) is 17.4. The van der Waals surface area contributed by atoms with Gasteiger partial charge in [0.25, 0.3) is 5.91 Å². The third-order valence-corrected chi connectivity index (χ3v) is 4.47. The summed E-state index contributed by atoms with van der Waals surface area (Å²) in [5.74, 6) is 0.246. The third kappa shape index (κ3) is 4.74. The Morgan fingerprint density at radius 1 is 0.900 bits per heavy atom. The van der Waals surface area contributed by atoms with Crippen LogP contribution >= 0.6 is 0 Å². The first kappa shape index (κ1) is 21.2. The maximum Gasteiger partial charge on any atom is 0.305 e. The van der Waals surface area contributed by atoms with Crippen LogP contribution in [0.25, 0.3) is 11.0 Å². The van der Waals surface area contributed by atoms with Crippen LogP contribution < -0.4 is 20.3 Å². The number of hydrazine groups is 1. The number of para-hydroxylation sites is 1. The largest absolute Gasteiger partial charge is 0.490 e. The lowest BCUT2D eigenvalue weighted by Gasteiger charge is -2.13. The summed E-state index contributed by atoms with van der Waals surface area (Å²) in [6.07, 6.45) is 1.69. The van der Waals surface area contributed by atoms with E-state index < -0.39 is 11.8 Å². The van der Waals surface area contributed by atoms with Crippen molar-refractivity contribution in [2.75, 3.05) is 13.2 Å². The first-order chi connectivity index (χ1) is 14.5. The van der Waals surface area contributed by atoms with Gasteiger partial charge in [0.2, 0.25) is 0 Å². The molecule has 0 spiro atoms. The summed E-state index contributed by atoms with van der Waals surface area (Å²) in [4.78, 5) is 25.0. The second-order valence-corrected chi connectivity index (χ2v) is 6.82. The van der Waals surface area contributed by atoms with Crippen molar-refractivity contribution in [3.8, 4) is 11.5 Å². The van der Waals surface area contributed by atoms with Crippen LogP contribution in [0.2, 0.25) is 0 Å². The Labute approximate surface area is 175 Å². The van der Waals surface area contributed by atoms with Gasteiger partial charge >= 0.3 is 5.91 Å². The molecule has 2 aromatic carbocycles. The van der Waals surface area contributed by atoms with Crippen LogP contribution in [-0.4, -0.2) is 25.0 Å².